The first-order valence-electron chi connectivity index (χ1n) is 5.96. The van der Waals surface area contributed by atoms with E-state index in [0.29, 0.717) is 6.61 Å². The number of hydrogen-bond donors (Lipinski definition) is 1. The van der Waals surface area contributed by atoms with Crippen LogP contribution in [0.5, 0.6) is 0 Å². The van der Waals surface area contributed by atoms with Gasteiger partial charge in [0.1, 0.15) is 0 Å². The van der Waals surface area contributed by atoms with E-state index in [1.165, 1.54) is 0 Å². The van der Waals surface area contributed by atoms with Crippen LogP contribution in [0, 0.1) is 0 Å². The first-order valence-corrected chi connectivity index (χ1v) is 18.5. The second kappa shape index (κ2) is 6.85. The molecule has 0 amide bonds. The molecule has 0 radical (unpaired) electrons. The van der Waals surface area contributed by atoms with Gasteiger partial charge in [-0.15, -0.1) is 24.8 Å². The van der Waals surface area contributed by atoms with Crippen molar-refractivity contribution in [3.05, 3.63) is 43.0 Å². The van der Waals surface area contributed by atoms with Gasteiger partial charge in [0.15, 0.2) is 0 Å². The van der Waals surface area contributed by atoms with Gasteiger partial charge in [0.05, 0.1) is 0 Å². The van der Waals surface area contributed by atoms with Crippen molar-refractivity contribution in [3.8, 4) is 0 Å². The molecule has 0 aliphatic heterocycles. The van der Waals surface area contributed by atoms with E-state index in [2.05, 4.69) is 48.0 Å². The fraction of sp³-hybridized carbons (Fsp3) is 0.385. The van der Waals surface area contributed by atoms with Crippen LogP contribution in [0.15, 0.2) is 43.0 Å². The Morgan fingerprint density at radius 1 is 1.11 bits per heavy atom. The van der Waals surface area contributed by atoms with Crippen LogP contribution in [-0.2, 0) is 17.4 Å². The molecule has 0 heterocycles. The summed E-state index contributed by atoms with van der Waals surface area (Å²) in [7, 11) is 0. The van der Waals surface area contributed by atoms with Crippen LogP contribution in [0.2, 0.25) is 8.76 Å². The number of rotatable bonds is 4. The number of halogens is 2. The summed E-state index contributed by atoms with van der Waals surface area (Å²) in [5, 5.41) is 9.45. The minimum absolute atomic E-state index is 0. The number of allylic oxidation sites excluding steroid dienone is 8. The zero-order chi connectivity index (χ0) is 11.7. The third kappa shape index (κ3) is 3.19. The number of hydrogen-bond acceptors (Lipinski definition) is 1. The van der Waals surface area contributed by atoms with Crippen LogP contribution in [0.3, 0.4) is 0 Å². The van der Waals surface area contributed by atoms with Gasteiger partial charge in [-0.05, 0) is 0 Å². The predicted molar refractivity (Wildman–Crippen MR) is 84.5 cm³/mol. The molecule has 0 saturated carbocycles. The molecule has 0 aromatic rings. The molecule has 1 nitrogen and oxygen atoms in total. The Bertz CT molecular complexity index is 455. The Labute approximate surface area is 124 Å². The quantitative estimate of drug-likeness (QED) is 0.738. The zero-order valence-corrected chi connectivity index (χ0v) is 16.3. The molecule has 0 unspecified atom stereocenters. The van der Waals surface area contributed by atoms with Gasteiger partial charge in [0.2, 0.25) is 0 Å². The van der Waals surface area contributed by atoms with Crippen molar-refractivity contribution in [1.29, 1.82) is 0 Å². The molecule has 2 aliphatic carbocycles. The average molecular weight is 385 g/mol. The van der Waals surface area contributed by atoms with E-state index in [9.17, 15) is 5.11 Å². The van der Waals surface area contributed by atoms with Gasteiger partial charge in [-0.1, -0.05) is 0 Å². The molecule has 0 bridgehead atoms. The Hall–Kier alpha value is 0.600. The summed E-state index contributed by atoms with van der Waals surface area (Å²) in [6.45, 7) is 2.57. The Balaban J connectivity index is 0.00000144. The zero-order valence-electron chi connectivity index (χ0n) is 10.8. The Morgan fingerprint density at radius 3 is 1.83 bits per heavy atom. The molecule has 0 aromatic heterocycles. The Kier molecular flexibility index (Phi) is 7.08. The molecule has 5 heteroatoms. The second-order valence-corrected chi connectivity index (χ2v) is 32.4. The van der Waals surface area contributed by atoms with Crippen molar-refractivity contribution in [3.63, 3.8) is 0 Å². The molecule has 2 aliphatic rings. The standard InChI is InChI=1S/2C5H5.C2H5O.CH3.2ClH.H2Si.Zr/c2*1-2-4-5-3-1;1-2-3;;;;;/h2*1-3H,4H2;3H,1-2H2;1H3;2*1H;1H2;. The normalized spacial score (nSPS) is 17.9. The average Bonchev–Trinajstić information content (AvgIpc) is 2.93. The van der Waals surface area contributed by atoms with Crippen molar-refractivity contribution in [2.75, 3.05) is 6.61 Å². The first-order chi connectivity index (χ1) is 7.57. The molecule has 0 spiro atoms. The minimum atomic E-state index is -2.98. The van der Waals surface area contributed by atoms with Crippen molar-refractivity contribution >= 4 is 31.7 Å². The van der Waals surface area contributed by atoms with Crippen LogP contribution in [0.1, 0.15) is 12.8 Å². The SMILES string of the molecule is Cl.Cl.[CH3][Zr](=[SiH2])([CH2]CO)([C]1=CC=CC1)[C]1=CC=CC1. The van der Waals surface area contributed by atoms with E-state index >= 15 is 0 Å². The Morgan fingerprint density at radius 2 is 1.56 bits per heavy atom. The van der Waals surface area contributed by atoms with Gasteiger partial charge in [-0.25, -0.2) is 0 Å². The molecular formula is C13H22Cl2OSiZr. The molecule has 0 atom stereocenters. The number of aliphatic hydroxyl groups is 1. The van der Waals surface area contributed by atoms with Gasteiger partial charge >= 0.3 is 101 Å². The summed E-state index contributed by atoms with van der Waals surface area (Å²) in [5.41, 5.74) is 0. The van der Waals surface area contributed by atoms with E-state index in [-0.39, 0.29) is 24.8 Å². The maximum atomic E-state index is 9.45. The van der Waals surface area contributed by atoms with Gasteiger partial charge in [-0.2, -0.15) is 0 Å². The molecule has 0 fully saturated rings. The van der Waals surface area contributed by atoms with Crippen LogP contribution < -0.4 is 0 Å². The van der Waals surface area contributed by atoms with Crippen molar-refractivity contribution < 1.29 is 22.5 Å². The molecule has 102 valence electrons. The fourth-order valence-electron chi connectivity index (χ4n) is 2.81. The van der Waals surface area contributed by atoms with Crippen LogP contribution in [0.25, 0.3) is 0 Å². The van der Waals surface area contributed by atoms with Gasteiger partial charge in [0, 0.05) is 0 Å². The summed E-state index contributed by atoms with van der Waals surface area (Å²) < 4.78 is 6.79. The summed E-state index contributed by atoms with van der Waals surface area (Å²) in [4.78, 5) is 0. The van der Waals surface area contributed by atoms with Crippen LogP contribution in [-0.4, -0.2) is 18.6 Å². The van der Waals surface area contributed by atoms with Crippen LogP contribution >= 0.6 is 24.8 Å². The second-order valence-electron chi connectivity index (χ2n) is 5.41. The summed E-state index contributed by atoms with van der Waals surface area (Å²) in [6.07, 6.45) is 15.7. The third-order valence-corrected chi connectivity index (χ3v) is 26.6. The van der Waals surface area contributed by atoms with Crippen molar-refractivity contribution in [1.82, 2.24) is 0 Å². The maximum absolute atomic E-state index is 9.45. The monoisotopic (exact) mass is 382 g/mol. The summed E-state index contributed by atoms with van der Waals surface area (Å²) in [6, 6.07) is 0. The number of aliphatic hydroxyl groups excluding tert-OH is 1. The van der Waals surface area contributed by atoms with E-state index in [0.717, 1.165) is 17.0 Å². The third-order valence-electron chi connectivity index (χ3n) is 4.20. The molecule has 0 aromatic carbocycles. The van der Waals surface area contributed by atoms with Crippen molar-refractivity contribution in [2.24, 2.45) is 0 Å². The molecule has 0 saturated heterocycles. The van der Waals surface area contributed by atoms with E-state index in [1.807, 2.05) is 0 Å². The van der Waals surface area contributed by atoms with Gasteiger partial charge < -0.3 is 0 Å². The van der Waals surface area contributed by atoms with E-state index in [1.54, 1.807) is 6.56 Å². The predicted octanol–water partition coefficient (Wildman–Crippen LogP) is 3.21. The molecule has 18 heavy (non-hydrogen) atoms. The summed E-state index contributed by atoms with van der Waals surface area (Å²) in [5.74, 6) is 0. The fourth-order valence-corrected chi connectivity index (χ4v) is 17.3. The topological polar surface area (TPSA) is 20.2 Å². The molecule has 1 N–H and O–H groups in total. The first kappa shape index (κ1) is 18.6. The van der Waals surface area contributed by atoms with Crippen LogP contribution in [0.4, 0.5) is 0 Å². The summed E-state index contributed by atoms with van der Waals surface area (Å²) >= 11 is -2.98. The molecular weight excluding hydrogens is 362 g/mol. The van der Waals surface area contributed by atoms with E-state index in [4.69, 9.17) is 0 Å². The van der Waals surface area contributed by atoms with Gasteiger partial charge in [0.25, 0.3) is 0 Å². The van der Waals surface area contributed by atoms with Crippen molar-refractivity contribution in [2.45, 2.75) is 21.6 Å². The van der Waals surface area contributed by atoms with E-state index < -0.39 is 17.4 Å². The van der Waals surface area contributed by atoms with Gasteiger partial charge in [-0.3, -0.25) is 0 Å². The molecule has 2 rings (SSSR count).